The fourth-order valence-electron chi connectivity index (χ4n) is 11.1. The molecule has 0 bridgehead atoms. The summed E-state index contributed by atoms with van der Waals surface area (Å²) in [6.07, 6.45) is 0. The van der Waals surface area contributed by atoms with Gasteiger partial charge in [-0.25, -0.2) is 0 Å². The molecule has 728 valence electrons. The topological polar surface area (TPSA) is 0 Å². The molecule has 0 saturated heterocycles. The summed E-state index contributed by atoms with van der Waals surface area (Å²) in [6.45, 7) is 63.0. The maximum atomic E-state index is 2.26. The first-order chi connectivity index (χ1) is 66.8. The lowest BCUT2D eigenvalue weighted by molar-refractivity contribution is 1.50. The highest BCUT2D eigenvalue weighted by molar-refractivity contribution is 7.30. The summed E-state index contributed by atoms with van der Waals surface area (Å²) in [7, 11) is 0. The van der Waals surface area contributed by atoms with E-state index in [-0.39, 0.29) is 0 Å². The molecular formula is C115H142S21. The van der Waals surface area contributed by atoms with Gasteiger partial charge in [0.2, 0.25) is 0 Å². The molecule has 0 N–H and O–H groups in total. The normalized spacial score (nSPS) is 9.43. The van der Waals surface area contributed by atoms with Gasteiger partial charge in [0, 0.05) is 137 Å². The summed E-state index contributed by atoms with van der Waals surface area (Å²) in [5, 5.41) is 30.4. The molecule has 0 nitrogen and oxygen atoms in total. The van der Waals surface area contributed by atoms with Gasteiger partial charge in [-0.05, 0) is 333 Å². The minimum Gasteiger partial charge on any atom is -0.143 e. The second-order valence-electron chi connectivity index (χ2n) is 25.4. The quantitative estimate of drug-likeness (QED) is 0.102. The van der Waals surface area contributed by atoms with E-state index in [9.17, 15) is 0 Å². The Kier molecular flexibility index (Phi) is 67.2. The first-order valence-electron chi connectivity index (χ1n) is 47.1. The Morgan fingerprint density at radius 3 is 0.279 bits per heavy atom. The molecule has 0 aliphatic carbocycles. The van der Waals surface area contributed by atoms with E-state index in [4.69, 9.17) is 0 Å². The van der Waals surface area contributed by atoms with Gasteiger partial charge in [0.25, 0.3) is 0 Å². The third-order valence-corrected chi connectivity index (χ3v) is 40.2. The maximum absolute atomic E-state index is 2.26. The molecular weight excluding hydrogens is 2050 g/mol. The molecule has 0 radical (unpaired) electrons. The fourth-order valence-corrected chi connectivity index (χ4v) is 31.0. The number of thiophene rings is 21. The minimum atomic E-state index is 1.35. The van der Waals surface area contributed by atoms with Crippen LogP contribution in [-0.2, 0) is 0 Å². The van der Waals surface area contributed by atoms with Crippen LogP contribution < -0.4 is 0 Å². The van der Waals surface area contributed by atoms with Crippen LogP contribution in [-0.4, -0.2) is 0 Å². The van der Waals surface area contributed by atoms with Gasteiger partial charge in [-0.15, -0.1) is 238 Å². The van der Waals surface area contributed by atoms with Gasteiger partial charge >= 0.3 is 0 Å². The number of hydrogen-bond donors (Lipinski definition) is 0. The van der Waals surface area contributed by atoms with Crippen molar-refractivity contribution in [2.45, 2.75) is 215 Å². The molecule has 21 aromatic rings. The molecule has 0 saturated carbocycles. The molecule has 0 atom stereocenters. The SMILES string of the molecule is CC.CC.CC.CC.CC.CC.CC.CC.CC.CC.CC.CC.Cc1csc(-c2ccc(-c3cccs3)s2)c1.Cc1csc(-c2ccc(-c3cccs3)s2)c1.Cc1csc(-c2ccc(-c3cccs3)s2)c1.Cc1csc(-c2ccc(-c3cccs3)s2)c1.Cc1csc(-c2ccc(-c3cccs3)s2)c1.Cc1csc(-c2ccc(-c3cccs3)s2)c1.Cc1csc(-c2ccc(-c3cccs3)s2)c1. The van der Waals surface area contributed by atoms with Crippen LogP contribution in [0.3, 0.4) is 0 Å². The highest BCUT2D eigenvalue weighted by Crippen LogP contribution is 2.46. The van der Waals surface area contributed by atoms with Gasteiger partial charge in [-0.3, -0.25) is 0 Å². The van der Waals surface area contributed by atoms with Gasteiger partial charge in [-0.1, -0.05) is 209 Å². The summed E-state index contributed by atoms with van der Waals surface area (Å²) in [6, 6.07) is 77.0. The smallest absolute Gasteiger partial charge is 0.0449 e. The molecule has 0 amide bonds. The van der Waals surface area contributed by atoms with Crippen molar-refractivity contribution in [1.82, 2.24) is 0 Å². The monoisotopic (exact) mass is 2190 g/mol. The van der Waals surface area contributed by atoms with Gasteiger partial charge in [0.05, 0.1) is 0 Å². The minimum absolute atomic E-state index is 1.35. The number of rotatable bonds is 14. The lowest BCUT2D eigenvalue weighted by atomic mass is 10.3. The van der Waals surface area contributed by atoms with E-state index in [1.165, 1.54) is 176 Å². The Balaban J connectivity index is 0.000000393. The molecule has 0 unspecified atom stereocenters. The Morgan fingerprint density at radius 2 is 0.206 bits per heavy atom. The highest BCUT2D eigenvalue weighted by atomic mass is 32.2. The van der Waals surface area contributed by atoms with Crippen LogP contribution in [0.4, 0.5) is 0 Å². The summed E-state index contributed by atoms with van der Waals surface area (Å²) >= 11 is 38.6. The zero-order valence-electron chi connectivity index (χ0n) is 85.4. The van der Waals surface area contributed by atoms with Crippen LogP contribution in [0.25, 0.3) is 137 Å². The Hall–Kier alpha value is -6.30. The van der Waals surface area contributed by atoms with Crippen molar-refractivity contribution < 1.29 is 0 Å². The lowest BCUT2D eigenvalue weighted by Crippen LogP contribution is -1.59. The molecule has 21 heterocycles. The third kappa shape index (κ3) is 40.6. The average molecular weight is 2200 g/mol. The molecule has 0 aliphatic heterocycles. The molecule has 0 spiro atoms. The van der Waals surface area contributed by atoms with Crippen molar-refractivity contribution in [2.24, 2.45) is 0 Å². The summed E-state index contributed by atoms with van der Waals surface area (Å²) in [5.74, 6) is 0. The van der Waals surface area contributed by atoms with Crippen molar-refractivity contribution >= 4 is 238 Å². The van der Waals surface area contributed by atoms with Crippen LogP contribution >= 0.6 is 238 Å². The van der Waals surface area contributed by atoms with Crippen molar-refractivity contribution in [3.8, 4) is 137 Å². The molecule has 0 fully saturated rings. The first-order valence-corrected chi connectivity index (χ1v) is 65.2. The maximum Gasteiger partial charge on any atom is 0.0449 e. The van der Waals surface area contributed by atoms with E-state index in [2.05, 4.69) is 336 Å². The third-order valence-electron chi connectivity index (χ3n) is 16.4. The molecule has 0 aromatic carbocycles. The Morgan fingerprint density at radius 1 is 0.110 bits per heavy atom. The van der Waals surface area contributed by atoms with Gasteiger partial charge < -0.3 is 0 Å². The van der Waals surface area contributed by atoms with E-state index >= 15 is 0 Å². The lowest BCUT2D eigenvalue weighted by Gasteiger charge is -1.89. The van der Waals surface area contributed by atoms with Crippen LogP contribution in [0.1, 0.15) is 205 Å². The standard InChI is InChI=1S/7C13H10S3.12C2H6/c7*1-9-7-13(15-8-9)12-5-4-11(16-12)10-3-2-6-14-10;12*1-2/h7*2-8H,1H3;12*1-2H3. The van der Waals surface area contributed by atoms with Crippen LogP contribution in [0, 0.1) is 48.5 Å². The van der Waals surface area contributed by atoms with Crippen LogP contribution in [0.15, 0.2) is 288 Å². The van der Waals surface area contributed by atoms with Crippen molar-refractivity contribution in [3.63, 3.8) is 0 Å². The van der Waals surface area contributed by atoms with Gasteiger partial charge in [0.15, 0.2) is 0 Å². The molecule has 136 heavy (non-hydrogen) atoms. The zero-order chi connectivity index (χ0) is 101. The van der Waals surface area contributed by atoms with E-state index in [1.54, 1.807) is 79.4 Å². The summed E-state index contributed by atoms with van der Waals surface area (Å²) < 4.78 is 0. The number of aryl methyl sites for hydroxylation is 7. The first kappa shape index (κ1) is 124. The summed E-state index contributed by atoms with van der Waals surface area (Å²) in [5.41, 5.74) is 9.47. The fraction of sp³-hybridized carbons (Fsp3) is 0.270. The molecule has 21 heteroatoms. The Bertz CT molecular complexity index is 5160. The second-order valence-corrected chi connectivity index (χ2v) is 46.0. The highest BCUT2D eigenvalue weighted by Gasteiger charge is 2.15. The van der Waals surface area contributed by atoms with Crippen LogP contribution in [0.5, 0.6) is 0 Å². The van der Waals surface area contributed by atoms with Crippen LogP contribution in [0.2, 0.25) is 0 Å². The predicted molar refractivity (Wildman–Crippen MR) is 666 cm³/mol. The van der Waals surface area contributed by atoms with E-state index in [0.717, 1.165) is 0 Å². The van der Waals surface area contributed by atoms with Gasteiger partial charge in [0.1, 0.15) is 0 Å². The van der Waals surface area contributed by atoms with Crippen molar-refractivity contribution in [1.29, 1.82) is 0 Å². The Labute approximate surface area is 904 Å². The van der Waals surface area contributed by atoms with E-state index in [1.807, 2.05) is 325 Å². The molecule has 0 aliphatic rings. The average Bonchev–Trinajstić information content (AvgIpc) is 1.72. The van der Waals surface area contributed by atoms with E-state index in [0.29, 0.717) is 0 Å². The van der Waals surface area contributed by atoms with E-state index < -0.39 is 0 Å². The zero-order valence-corrected chi connectivity index (χ0v) is 103. The molecule has 21 rings (SSSR count). The van der Waals surface area contributed by atoms with Gasteiger partial charge in [-0.2, -0.15) is 0 Å². The molecule has 21 aromatic heterocycles. The number of hydrogen-bond acceptors (Lipinski definition) is 21. The van der Waals surface area contributed by atoms with Crippen molar-refractivity contribution in [2.75, 3.05) is 0 Å². The van der Waals surface area contributed by atoms with Crippen molar-refractivity contribution in [3.05, 3.63) is 327 Å². The predicted octanol–water partition coefficient (Wildman–Crippen LogP) is 50.9. The second kappa shape index (κ2) is 73.7. The summed E-state index contributed by atoms with van der Waals surface area (Å²) in [4.78, 5) is 38.5. The largest absolute Gasteiger partial charge is 0.143 e.